The zero-order chi connectivity index (χ0) is 12.8. The van der Waals surface area contributed by atoms with Gasteiger partial charge in [-0.25, -0.2) is 4.79 Å². The molecular weight excluding hydrogens is 222 g/mol. The largest absolute Gasteiger partial charge is 0.507 e. The number of aromatic hydroxyl groups is 1. The molecule has 0 aliphatic carbocycles. The van der Waals surface area contributed by atoms with E-state index in [9.17, 15) is 9.90 Å². The summed E-state index contributed by atoms with van der Waals surface area (Å²) in [6, 6.07) is 4.28. The Morgan fingerprint density at radius 1 is 1.47 bits per heavy atom. The predicted octanol–water partition coefficient (Wildman–Crippen LogP) is 2.16. The number of rotatable bonds is 4. The van der Waals surface area contributed by atoms with E-state index >= 15 is 0 Å². The molecule has 17 heavy (non-hydrogen) atoms. The summed E-state index contributed by atoms with van der Waals surface area (Å²) < 4.78 is 4.58. The monoisotopic (exact) mass is 237 g/mol. The third-order valence-corrected chi connectivity index (χ3v) is 2.34. The number of methoxy groups -OCH3 is 1. The number of oxime groups is 1. The maximum absolute atomic E-state index is 11.3. The van der Waals surface area contributed by atoms with Crippen LogP contribution in [0.1, 0.15) is 35.7 Å². The van der Waals surface area contributed by atoms with Crippen molar-refractivity contribution in [2.45, 2.75) is 19.8 Å². The molecule has 5 heteroatoms. The Labute approximate surface area is 99.3 Å². The van der Waals surface area contributed by atoms with Crippen molar-refractivity contribution in [3.63, 3.8) is 0 Å². The topological polar surface area (TPSA) is 79.1 Å². The number of hydrogen-bond donors (Lipinski definition) is 2. The second-order valence-corrected chi connectivity index (χ2v) is 3.52. The summed E-state index contributed by atoms with van der Waals surface area (Å²) in [5, 5.41) is 21.7. The fourth-order valence-corrected chi connectivity index (χ4v) is 1.49. The van der Waals surface area contributed by atoms with Crippen LogP contribution in [0.15, 0.2) is 23.4 Å². The highest BCUT2D eigenvalue weighted by atomic mass is 16.5. The van der Waals surface area contributed by atoms with Gasteiger partial charge in [0, 0.05) is 5.56 Å². The first kappa shape index (κ1) is 13.0. The van der Waals surface area contributed by atoms with E-state index in [1.165, 1.54) is 25.3 Å². The van der Waals surface area contributed by atoms with Crippen molar-refractivity contribution in [3.05, 3.63) is 29.3 Å². The van der Waals surface area contributed by atoms with Gasteiger partial charge in [-0.2, -0.15) is 0 Å². The molecule has 0 unspecified atom stereocenters. The fourth-order valence-electron chi connectivity index (χ4n) is 1.49. The molecule has 0 saturated heterocycles. The van der Waals surface area contributed by atoms with E-state index in [2.05, 4.69) is 9.89 Å². The molecule has 1 aromatic carbocycles. The van der Waals surface area contributed by atoms with E-state index in [1.54, 1.807) is 0 Å². The predicted molar refractivity (Wildman–Crippen MR) is 62.7 cm³/mol. The zero-order valence-corrected chi connectivity index (χ0v) is 9.80. The first-order valence-electron chi connectivity index (χ1n) is 5.26. The number of carbonyl (C=O) groups excluding carboxylic acids is 1. The number of phenols is 1. The standard InChI is InChI=1S/C12H15NO4/c1-3-4-10(13-16)9-7-8(12(15)17-2)5-6-11(9)14/h5-7,14,16H,3-4H2,1-2H3. The molecule has 1 aromatic rings. The van der Waals surface area contributed by atoms with Gasteiger partial charge in [-0.05, 0) is 24.6 Å². The minimum Gasteiger partial charge on any atom is -0.507 e. The van der Waals surface area contributed by atoms with Crippen LogP contribution in [0.3, 0.4) is 0 Å². The Bertz CT molecular complexity index is 440. The van der Waals surface area contributed by atoms with Crippen LogP contribution in [0.4, 0.5) is 0 Å². The Hall–Kier alpha value is -2.04. The van der Waals surface area contributed by atoms with Crippen LogP contribution < -0.4 is 0 Å². The van der Waals surface area contributed by atoms with Crippen LogP contribution in [0, 0.1) is 0 Å². The maximum atomic E-state index is 11.3. The van der Waals surface area contributed by atoms with Crippen molar-refractivity contribution < 1.29 is 19.8 Å². The minimum absolute atomic E-state index is 0.0288. The Kier molecular flexibility index (Phi) is 4.51. The molecule has 0 radical (unpaired) electrons. The molecule has 5 nitrogen and oxygen atoms in total. The van der Waals surface area contributed by atoms with Gasteiger partial charge in [-0.1, -0.05) is 18.5 Å². The molecule has 1 rings (SSSR count). The SMILES string of the molecule is CCCC(=NO)c1cc(C(=O)OC)ccc1O. The normalized spacial score (nSPS) is 11.3. The molecule has 0 spiro atoms. The summed E-state index contributed by atoms with van der Waals surface area (Å²) in [7, 11) is 1.28. The van der Waals surface area contributed by atoms with Crippen LogP contribution in [-0.4, -0.2) is 29.1 Å². The number of ether oxygens (including phenoxy) is 1. The van der Waals surface area contributed by atoms with Crippen molar-refractivity contribution in [3.8, 4) is 5.75 Å². The number of esters is 1. The van der Waals surface area contributed by atoms with Crippen LogP contribution in [0.2, 0.25) is 0 Å². The number of benzene rings is 1. The molecule has 0 aliphatic rings. The summed E-state index contributed by atoms with van der Waals surface area (Å²) in [5.41, 5.74) is 0.991. The zero-order valence-electron chi connectivity index (χ0n) is 9.80. The van der Waals surface area contributed by atoms with E-state index in [0.29, 0.717) is 23.3 Å². The van der Waals surface area contributed by atoms with Crippen molar-refractivity contribution in [1.29, 1.82) is 0 Å². The van der Waals surface area contributed by atoms with Crippen molar-refractivity contribution in [2.75, 3.05) is 7.11 Å². The summed E-state index contributed by atoms with van der Waals surface area (Å²) in [6.45, 7) is 1.92. The number of carbonyl (C=O) groups is 1. The summed E-state index contributed by atoms with van der Waals surface area (Å²) >= 11 is 0. The first-order chi connectivity index (χ1) is 8.13. The number of phenolic OH excluding ortho intramolecular Hbond substituents is 1. The Morgan fingerprint density at radius 2 is 2.18 bits per heavy atom. The average Bonchev–Trinajstić information content (AvgIpc) is 2.36. The molecule has 0 saturated carbocycles. The minimum atomic E-state index is -0.500. The van der Waals surface area contributed by atoms with E-state index in [4.69, 9.17) is 5.21 Å². The van der Waals surface area contributed by atoms with Gasteiger partial charge in [-0.15, -0.1) is 0 Å². The van der Waals surface area contributed by atoms with E-state index in [1.807, 2.05) is 6.92 Å². The summed E-state index contributed by atoms with van der Waals surface area (Å²) in [6.07, 6.45) is 1.27. The average molecular weight is 237 g/mol. The lowest BCUT2D eigenvalue weighted by Gasteiger charge is -2.07. The van der Waals surface area contributed by atoms with Gasteiger partial charge in [0.2, 0.25) is 0 Å². The van der Waals surface area contributed by atoms with Gasteiger partial charge >= 0.3 is 5.97 Å². The third-order valence-electron chi connectivity index (χ3n) is 2.34. The molecular formula is C12H15NO4. The summed E-state index contributed by atoms with van der Waals surface area (Å²) in [4.78, 5) is 11.3. The van der Waals surface area contributed by atoms with Crippen molar-refractivity contribution in [2.24, 2.45) is 5.16 Å². The molecule has 92 valence electrons. The summed E-state index contributed by atoms with van der Waals surface area (Å²) in [5.74, 6) is -0.529. The number of nitrogens with zero attached hydrogens (tertiary/aromatic N) is 1. The van der Waals surface area contributed by atoms with Crippen LogP contribution >= 0.6 is 0 Å². The molecule has 0 atom stereocenters. The molecule has 0 aliphatic heterocycles. The van der Waals surface area contributed by atoms with E-state index in [-0.39, 0.29) is 5.75 Å². The molecule has 0 fully saturated rings. The highest BCUT2D eigenvalue weighted by molar-refractivity contribution is 6.04. The third kappa shape index (κ3) is 2.96. The smallest absolute Gasteiger partial charge is 0.337 e. The lowest BCUT2D eigenvalue weighted by molar-refractivity contribution is 0.0600. The van der Waals surface area contributed by atoms with E-state index < -0.39 is 5.97 Å². The second kappa shape index (κ2) is 5.89. The molecule has 0 heterocycles. The fraction of sp³-hybridized carbons (Fsp3) is 0.333. The van der Waals surface area contributed by atoms with Gasteiger partial charge in [0.15, 0.2) is 0 Å². The van der Waals surface area contributed by atoms with Crippen LogP contribution in [-0.2, 0) is 4.74 Å². The van der Waals surface area contributed by atoms with Gasteiger partial charge in [-0.3, -0.25) is 0 Å². The molecule has 0 amide bonds. The van der Waals surface area contributed by atoms with E-state index in [0.717, 1.165) is 6.42 Å². The van der Waals surface area contributed by atoms with Gasteiger partial charge in [0.05, 0.1) is 18.4 Å². The van der Waals surface area contributed by atoms with Gasteiger partial charge < -0.3 is 15.1 Å². The van der Waals surface area contributed by atoms with Gasteiger partial charge in [0.1, 0.15) is 5.75 Å². The van der Waals surface area contributed by atoms with Crippen molar-refractivity contribution in [1.82, 2.24) is 0 Å². The highest BCUT2D eigenvalue weighted by Crippen LogP contribution is 2.21. The quantitative estimate of drug-likeness (QED) is 0.364. The number of hydrogen-bond acceptors (Lipinski definition) is 5. The lowest BCUT2D eigenvalue weighted by Crippen LogP contribution is -2.06. The second-order valence-electron chi connectivity index (χ2n) is 3.52. The van der Waals surface area contributed by atoms with Crippen LogP contribution in [0.25, 0.3) is 0 Å². The Morgan fingerprint density at radius 3 is 2.71 bits per heavy atom. The Balaban J connectivity index is 3.18. The van der Waals surface area contributed by atoms with Gasteiger partial charge in [0.25, 0.3) is 0 Å². The van der Waals surface area contributed by atoms with Crippen molar-refractivity contribution >= 4 is 11.7 Å². The maximum Gasteiger partial charge on any atom is 0.337 e. The molecule has 0 bridgehead atoms. The lowest BCUT2D eigenvalue weighted by atomic mass is 10.0. The first-order valence-corrected chi connectivity index (χ1v) is 5.26. The highest BCUT2D eigenvalue weighted by Gasteiger charge is 2.13. The molecule has 2 N–H and O–H groups in total. The van der Waals surface area contributed by atoms with Crippen LogP contribution in [0.5, 0.6) is 5.75 Å². The molecule has 0 aromatic heterocycles.